The first kappa shape index (κ1) is 11.4. The van der Waals surface area contributed by atoms with Gasteiger partial charge in [0.25, 0.3) is 0 Å². The molecule has 0 unspecified atom stereocenters. The van der Waals surface area contributed by atoms with Gasteiger partial charge in [0.15, 0.2) is 0 Å². The van der Waals surface area contributed by atoms with Crippen LogP contribution in [0.5, 0.6) is 0 Å². The van der Waals surface area contributed by atoms with Crippen LogP contribution in [-0.4, -0.2) is 12.6 Å². The highest BCUT2D eigenvalue weighted by Crippen LogP contribution is 2.08. The number of rotatable bonds is 3. The van der Waals surface area contributed by atoms with Crippen LogP contribution in [0.25, 0.3) is 0 Å². The molecule has 0 heterocycles. The molecular formula is C10H12F2N2O. The minimum atomic E-state index is -0.660. The summed E-state index contributed by atoms with van der Waals surface area (Å²) in [6.07, 6.45) is 0. The van der Waals surface area contributed by atoms with Gasteiger partial charge in [-0.2, -0.15) is 0 Å². The third-order valence-corrected chi connectivity index (χ3v) is 1.79. The average molecular weight is 214 g/mol. The van der Waals surface area contributed by atoms with Gasteiger partial charge < -0.3 is 10.6 Å². The van der Waals surface area contributed by atoms with Crippen molar-refractivity contribution in [2.24, 2.45) is 0 Å². The van der Waals surface area contributed by atoms with Crippen molar-refractivity contribution in [2.45, 2.75) is 13.5 Å². The first-order chi connectivity index (χ1) is 7.13. The molecule has 0 aliphatic rings. The Balaban J connectivity index is 2.54. The fourth-order valence-electron chi connectivity index (χ4n) is 1.06. The lowest BCUT2D eigenvalue weighted by molar-refractivity contribution is 0.241. The summed E-state index contributed by atoms with van der Waals surface area (Å²) in [4.78, 5) is 11.0. The molecule has 2 N–H and O–H groups in total. The van der Waals surface area contributed by atoms with Crippen LogP contribution in [0.15, 0.2) is 18.2 Å². The van der Waals surface area contributed by atoms with Crippen LogP contribution in [0.4, 0.5) is 13.6 Å². The Hall–Kier alpha value is -1.65. The summed E-state index contributed by atoms with van der Waals surface area (Å²) in [5.41, 5.74) is 0.252. The maximum atomic E-state index is 13.1. The highest BCUT2D eigenvalue weighted by Gasteiger charge is 2.04. The Labute approximate surface area is 86.5 Å². The molecule has 0 fully saturated rings. The van der Waals surface area contributed by atoms with Crippen LogP contribution in [0, 0.1) is 11.6 Å². The van der Waals surface area contributed by atoms with Gasteiger partial charge in [-0.05, 0) is 13.0 Å². The molecule has 1 rings (SSSR count). The highest BCUT2D eigenvalue weighted by molar-refractivity contribution is 5.73. The third-order valence-electron chi connectivity index (χ3n) is 1.79. The molecule has 15 heavy (non-hydrogen) atoms. The van der Waals surface area contributed by atoms with Crippen molar-refractivity contribution in [3.63, 3.8) is 0 Å². The number of halogens is 2. The molecule has 0 aliphatic carbocycles. The molecule has 0 radical (unpaired) electrons. The Morgan fingerprint density at radius 2 is 2.07 bits per heavy atom. The largest absolute Gasteiger partial charge is 0.338 e. The number of hydrogen-bond donors (Lipinski definition) is 2. The Bertz CT molecular complexity index is 355. The monoisotopic (exact) mass is 214 g/mol. The molecule has 0 saturated carbocycles. The van der Waals surface area contributed by atoms with Gasteiger partial charge >= 0.3 is 6.03 Å². The summed E-state index contributed by atoms with van der Waals surface area (Å²) >= 11 is 0. The highest BCUT2D eigenvalue weighted by atomic mass is 19.1. The summed E-state index contributed by atoms with van der Waals surface area (Å²) in [5.74, 6) is -1.29. The second-order valence-electron chi connectivity index (χ2n) is 2.95. The number of nitrogens with one attached hydrogen (secondary N) is 2. The van der Waals surface area contributed by atoms with E-state index < -0.39 is 11.6 Å². The van der Waals surface area contributed by atoms with Crippen molar-refractivity contribution in [3.05, 3.63) is 35.4 Å². The first-order valence-corrected chi connectivity index (χ1v) is 4.59. The van der Waals surface area contributed by atoms with E-state index >= 15 is 0 Å². The van der Waals surface area contributed by atoms with Gasteiger partial charge in [0, 0.05) is 24.7 Å². The number of urea groups is 1. The average Bonchev–Trinajstić information content (AvgIpc) is 2.17. The maximum Gasteiger partial charge on any atom is 0.315 e. The first-order valence-electron chi connectivity index (χ1n) is 4.59. The van der Waals surface area contributed by atoms with E-state index in [1.54, 1.807) is 6.92 Å². The van der Waals surface area contributed by atoms with Crippen molar-refractivity contribution in [1.29, 1.82) is 0 Å². The summed E-state index contributed by atoms with van der Waals surface area (Å²) in [6, 6.07) is 2.87. The lowest BCUT2D eigenvalue weighted by Gasteiger charge is -2.06. The molecule has 2 amide bonds. The predicted molar refractivity (Wildman–Crippen MR) is 52.3 cm³/mol. The van der Waals surface area contributed by atoms with E-state index in [4.69, 9.17) is 0 Å². The van der Waals surface area contributed by atoms with Gasteiger partial charge in [0.2, 0.25) is 0 Å². The molecule has 0 saturated heterocycles. The number of hydrogen-bond acceptors (Lipinski definition) is 1. The topological polar surface area (TPSA) is 41.1 Å². The van der Waals surface area contributed by atoms with E-state index in [1.165, 1.54) is 6.07 Å². The summed E-state index contributed by atoms with van der Waals surface area (Å²) in [5, 5.41) is 4.95. The predicted octanol–water partition coefficient (Wildman–Crippen LogP) is 1.78. The van der Waals surface area contributed by atoms with Crippen molar-refractivity contribution >= 4 is 6.03 Å². The fourth-order valence-corrected chi connectivity index (χ4v) is 1.06. The SMILES string of the molecule is CCNC(=O)NCc1ccc(F)cc1F. The second kappa shape index (κ2) is 5.29. The molecule has 1 aromatic rings. The van der Waals surface area contributed by atoms with Crippen molar-refractivity contribution in [1.82, 2.24) is 10.6 Å². The molecule has 82 valence electrons. The quantitative estimate of drug-likeness (QED) is 0.791. The van der Waals surface area contributed by atoms with E-state index in [0.29, 0.717) is 6.54 Å². The molecule has 5 heteroatoms. The minimum absolute atomic E-state index is 0.0396. The van der Waals surface area contributed by atoms with E-state index in [9.17, 15) is 13.6 Å². The Morgan fingerprint density at radius 3 is 2.67 bits per heavy atom. The van der Waals surface area contributed by atoms with Gasteiger partial charge in [-0.15, -0.1) is 0 Å². The molecule has 0 bridgehead atoms. The van der Waals surface area contributed by atoms with Gasteiger partial charge in [0.05, 0.1) is 0 Å². The van der Waals surface area contributed by atoms with Gasteiger partial charge in [-0.3, -0.25) is 0 Å². The molecule has 0 spiro atoms. The molecular weight excluding hydrogens is 202 g/mol. The zero-order chi connectivity index (χ0) is 11.3. The van der Waals surface area contributed by atoms with E-state index in [0.717, 1.165) is 12.1 Å². The lowest BCUT2D eigenvalue weighted by Crippen LogP contribution is -2.34. The van der Waals surface area contributed by atoms with E-state index in [1.807, 2.05) is 0 Å². The molecule has 0 aromatic heterocycles. The zero-order valence-corrected chi connectivity index (χ0v) is 8.31. The van der Waals surface area contributed by atoms with Crippen LogP contribution >= 0.6 is 0 Å². The summed E-state index contributed by atoms with van der Waals surface area (Å²) < 4.78 is 25.6. The van der Waals surface area contributed by atoms with Gasteiger partial charge in [-0.1, -0.05) is 6.07 Å². The summed E-state index contributed by atoms with van der Waals surface area (Å²) in [6.45, 7) is 2.31. The second-order valence-corrected chi connectivity index (χ2v) is 2.95. The molecule has 3 nitrogen and oxygen atoms in total. The minimum Gasteiger partial charge on any atom is -0.338 e. The van der Waals surface area contributed by atoms with Crippen molar-refractivity contribution in [3.8, 4) is 0 Å². The van der Waals surface area contributed by atoms with E-state index in [2.05, 4.69) is 10.6 Å². The van der Waals surface area contributed by atoms with Crippen molar-refractivity contribution < 1.29 is 13.6 Å². The summed E-state index contributed by atoms with van der Waals surface area (Å²) in [7, 11) is 0. The fraction of sp³-hybridized carbons (Fsp3) is 0.300. The maximum absolute atomic E-state index is 13.1. The smallest absolute Gasteiger partial charge is 0.315 e. The van der Waals surface area contributed by atoms with Crippen molar-refractivity contribution in [2.75, 3.05) is 6.54 Å². The lowest BCUT2D eigenvalue weighted by atomic mass is 10.2. The molecule has 1 aromatic carbocycles. The Kier molecular flexibility index (Phi) is 4.03. The van der Waals surface area contributed by atoms with Gasteiger partial charge in [0.1, 0.15) is 11.6 Å². The number of carbonyl (C=O) groups is 1. The zero-order valence-electron chi connectivity index (χ0n) is 8.31. The normalized spacial score (nSPS) is 9.80. The van der Waals surface area contributed by atoms with Crippen LogP contribution < -0.4 is 10.6 Å². The van der Waals surface area contributed by atoms with Crippen LogP contribution in [0.1, 0.15) is 12.5 Å². The number of benzene rings is 1. The van der Waals surface area contributed by atoms with Crippen LogP contribution in [-0.2, 0) is 6.54 Å². The van der Waals surface area contributed by atoms with E-state index in [-0.39, 0.29) is 18.1 Å². The molecule has 0 atom stereocenters. The number of amides is 2. The van der Waals surface area contributed by atoms with Crippen LogP contribution in [0.2, 0.25) is 0 Å². The standard InChI is InChI=1S/C10H12F2N2O/c1-2-13-10(15)14-6-7-3-4-8(11)5-9(7)12/h3-5H,2,6H2,1H3,(H2,13,14,15). The Morgan fingerprint density at radius 1 is 1.33 bits per heavy atom. The number of carbonyl (C=O) groups excluding carboxylic acids is 1. The molecule has 0 aliphatic heterocycles. The third kappa shape index (κ3) is 3.53. The van der Waals surface area contributed by atoms with Gasteiger partial charge in [-0.25, -0.2) is 13.6 Å². The van der Waals surface area contributed by atoms with Crippen LogP contribution in [0.3, 0.4) is 0 Å².